The van der Waals surface area contributed by atoms with Gasteiger partial charge in [0.15, 0.2) is 0 Å². The Bertz CT molecular complexity index is 305. The van der Waals surface area contributed by atoms with Crippen molar-refractivity contribution in [3.63, 3.8) is 0 Å². The fourth-order valence-corrected chi connectivity index (χ4v) is 1.77. The van der Waals surface area contributed by atoms with Crippen molar-refractivity contribution >= 4 is 15.9 Å². The van der Waals surface area contributed by atoms with E-state index in [1.165, 1.54) is 0 Å². The van der Waals surface area contributed by atoms with E-state index in [1.807, 2.05) is 0 Å². The molecule has 70 valence electrons. The molecule has 5 nitrogen and oxygen atoms in total. The molecule has 2 rings (SSSR count). The van der Waals surface area contributed by atoms with E-state index in [9.17, 15) is 0 Å². The maximum Gasteiger partial charge on any atom is 0.0667 e. The van der Waals surface area contributed by atoms with Crippen molar-refractivity contribution in [1.82, 2.24) is 26.6 Å². The number of hydrazine groups is 2. The Morgan fingerprint density at radius 2 is 2.08 bits per heavy atom. The van der Waals surface area contributed by atoms with Gasteiger partial charge in [0.25, 0.3) is 0 Å². The fraction of sp³-hybridized carbons (Fsp3) is 0.429. The molecule has 0 aliphatic carbocycles. The topological polar surface area (TPSA) is 61.9 Å². The van der Waals surface area contributed by atoms with E-state index in [2.05, 4.69) is 49.4 Å². The van der Waals surface area contributed by atoms with Crippen LogP contribution in [-0.2, 0) is 0 Å². The van der Waals surface area contributed by atoms with Gasteiger partial charge in [-0.2, -0.15) is 15.7 Å². The average molecular weight is 244 g/mol. The summed E-state index contributed by atoms with van der Waals surface area (Å²) in [4.78, 5) is 0. The highest BCUT2D eigenvalue weighted by Gasteiger charge is 2.25. The van der Waals surface area contributed by atoms with Crippen LogP contribution in [0.1, 0.15) is 18.5 Å². The van der Waals surface area contributed by atoms with Gasteiger partial charge in [-0.15, -0.1) is 0 Å². The first kappa shape index (κ1) is 9.01. The number of hydrogen-bond acceptors (Lipinski definition) is 5. The molecule has 0 spiro atoms. The van der Waals surface area contributed by atoms with Crippen molar-refractivity contribution in [1.29, 1.82) is 0 Å². The van der Waals surface area contributed by atoms with Crippen molar-refractivity contribution in [2.24, 2.45) is 0 Å². The van der Waals surface area contributed by atoms with Crippen molar-refractivity contribution in [2.45, 2.75) is 19.0 Å². The summed E-state index contributed by atoms with van der Waals surface area (Å²) in [5.74, 6) is 0. The summed E-state index contributed by atoms with van der Waals surface area (Å²) < 4.78 is 0.970. The van der Waals surface area contributed by atoms with E-state index >= 15 is 0 Å². The summed E-state index contributed by atoms with van der Waals surface area (Å²) >= 11 is 3.44. The monoisotopic (exact) mass is 243 g/mol. The molecule has 2 atom stereocenters. The van der Waals surface area contributed by atoms with Crippen LogP contribution in [0.5, 0.6) is 0 Å². The van der Waals surface area contributed by atoms with Crippen molar-refractivity contribution in [3.05, 3.63) is 22.4 Å². The molecule has 1 aromatic heterocycles. The van der Waals surface area contributed by atoms with Gasteiger partial charge in [0.05, 0.1) is 18.4 Å². The van der Waals surface area contributed by atoms with Gasteiger partial charge in [0.2, 0.25) is 0 Å². The number of aromatic nitrogens is 2. The lowest BCUT2D eigenvalue weighted by atomic mass is 10.1. The number of nitrogens with zero attached hydrogens (tertiary/aromatic N) is 2. The minimum Gasteiger partial charge on any atom is -0.239 e. The van der Waals surface area contributed by atoms with Crippen LogP contribution in [0.3, 0.4) is 0 Å². The smallest absolute Gasteiger partial charge is 0.0667 e. The molecular formula is C7H10BrN5. The molecule has 0 amide bonds. The zero-order chi connectivity index (χ0) is 9.26. The Hall–Kier alpha value is -0.560. The molecule has 1 aliphatic heterocycles. The minimum absolute atomic E-state index is 0.213. The first-order valence-electron chi connectivity index (χ1n) is 4.01. The lowest BCUT2D eigenvalue weighted by Crippen LogP contribution is -2.32. The zero-order valence-electron chi connectivity index (χ0n) is 7.08. The van der Waals surface area contributed by atoms with Gasteiger partial charge in [0.1, 0.15) is 0 Å². The third-order valence-electron chi connectivity index (χ3n) is 2.07. The van der Waals surface area contributed by atoms with Crippen LogP contribution in [0, 0.1) is 0 Å². The van der Waals surface area contributed by atoms with E-state index in [0.29, 0.717) is 6.04 Å². The van der Waals surface area contributed by atoms with Crippen LogP contribution in [0.25, 0.3) is 0 Å². The lowest BCUT2D eigenvalue weighted by molar-refractivity contribution is 0.552. The minimum atomic E-state index is 0.213. The molecule has 6 heteroatoms. The standard InChI is InChI=1S/C7H10BrN5/c1-4-7(12-13-11-4)5-2-9-10-3-6(5)8/h2-4,7,11-13H,1H3. The molecule has 3 N–H and O–H groups in total. The van der Waals surface area contributed by atoms with Gasteiger partial charge >= 0.3 is 0 Å². The van der Waals surface area contributed by atoms with Gasteiger partial charge in [-0.25, -0.2) is 10.9 Å². The molecule has 1 fully saturated rings. The predicted molar refractivity (Wildman–Crippen MR) is 51.3 cm³/mol. The van der Waals surface area contributed by atoms with Crippen molar-refractivity contribution in [3.8, 4) is 0 Å². The Morgan fingerprint density at radius 3 is 2.69 bits per heavy atom. The average Bonchev–Trinajstić information content (AvgIpc) is 2.52. The molecule has 1 saturated heterocycles. The number of halogens is 1. The molecule has 0 saturated carbocycles. The Balaban J connectivity index is 2.29. The second kappa shape index (κ2) is 3.67. The normalized spacial score (nSPS) is 27.8. The van der Waals surface area contributed by atoms with Crippen molar-refractivity contribution in [2.75, 3.05) is 0 Å². The van der Waals surface area contributed by atoms with Crippen LogP contribution in [0.2, 0.25) is 0 Å². The molecule has 0 bridgehead atoms. The second-order valence-corrected chi connectivity index (χ2v) is 3.83. The summed E-state index contributed by atoms with van der Waals surface area (Å²) in [5, 5.41) is 7.62. The van der Waals surface area contributed by atoms with Crippen LogP contribution < -0.4 is 16.4 Å². The van der Waals surface area contributed by atoms with E-state index in [-0.39, 0.29) is 6.04 Å². The van der Waals surface area contributed by atoms with Crippen molar-refractivity contribution < 1.29 is 0 Å². The van der Waals surface area contributed by atoms with Crippen LogP contribution in [0.4, 0.5) is 0 Å². The number of hydrogen-bond donors (Lipinski definition) is 3. The molecule has 0 aromatic carbocycles. The Morgan fingerprint density at radius 1 is 1.31 bits per heavy atom. The summed E-state index contributed by atoms with van der Waals surface area (Å²) in [6, 6.07) is 0.533. The first-order valence-corrected chi connectivity index (χ1v) is 4.80. The third kappa shape index (κ3) is 1.71. The van der Waals surface area contributed by atoms with E-state index < -0.39 is 0 Å². The maximum atomic E-state index is 3.85. The quantitative estimate of drug-likeness (QED) is 0.662. The van der Waals surface area contributed by atoms with Crippen LogP contribution >= 0.6 is 15.9 Å². The van der Waals surface area contributed by atoms with Gasteiger partial charge in [-0.3, -0.25) is 0 Å². The summed E-state index contributed by atoms with van der Waals surface area (Å²) in [7, 11) is 0. The number of nitrogens with one attached hydrogen (secondary N) is 3. The summed E-state index contributed by atoms with van der Waals surface area (Å²) in [6.45, 7) is 2.09. The van der Waals surface area contributed by atoms with Gasteiger partial charge in [-0.05, 0) is 22.9 Å². The molecule has 2 heterocycles. The van der Waals surface area contributed by atoms with Gasteiger partial charge in [0, 0.05) is 16.1 Å². The Kier molecular flexibility index (Phi) is 2.54. The highest BCUT2D eigenvalue weighted by Crippen LogP contribution is 2.24. The largest absolute Gasteiger partial charge is 0.239 e. The molecular weight excluding hydrogens is 234 g/mol. The highest BCUT2D eigenvalue weighted by atomic mass is 79.9. The molecule has 0 radical (unpaired) electrons. The Labute approximate surface area is 84.4 Å². The molecule has 2 unspecified atom stereocenters. The SMILES string of the molecule is CC1NNNC1c1cnncc1Br. The molecule has 13 heavy (non-hydrogen) atoms. The maximum absolute atomic E-state index is 3.85. The number of rotatable bonds is 1. The van der Waals surface area contributed by atoms with Gasteiger partial charge < -0.3 is 0 Å². The highest BCUT2D eigenvalue weighted by molar-refractivity contribution is 9.10. The lowest BCUT2D eigenvalue weighted by Gasteiger charge is -2.14. The molecule has 1 aromatic rings. The van der Waals surface area contributed by atoms with Crippen LogP contribution in [-0.4, -0.2) is 16.2 Å². The summed E-state index contributed by atoms with van der Waals surface area (Å²) in [5.41, 5.74) is 10.1. The second-order valence-electron chi connectivity index (χ2n) is 2.97. The predicted octanol–water partition coefficient (Wildman–Crippen LogP) is 0.281. The van der Waals surface area contributed by atoms with Crippen LogP contribution in [0.15, 0.2) is 16.9 Å². The first-order chi connectivity index (χ1) is 6.29. The van der Waals surface area contributed by atoms with E-state index in [1.54, 1.807) is 12.4 Å². The third-order valence-corrected chi connectivity index (χ3v) is 2.74. The van der Waals surface area contributed by atoms with E-state index in [4.69, 9.17) is 0 Å². The zero-order valence-corrected chi connectivity index (χ0v) is 8.67. The van der Waals surface area contributed by atoms with Gasteiger partial charge in [-0.1, -0.05) is 0 Å². The summed E-state index contributed by atoms with van der Waals surface area (Å²) in [6.07, 6.45) is 3.45. The fourth-order valence-electron chi connectivity index (χ4n) is 1.33. The molecule has 1 aliphatic rings. The van der Waals surface area contributed by atoms with E-state index in [0.717, 1.165) is 10.0 Å².